The Balaban J connectivity index is 2.07. The summed E-state index contributed by atoms with van der Waals surface area (Å²) < 4.78 is 1.24. The van der Waals surface area contributed by atoms with Gasteiger partial charge in [-0.3, -0.25) is 4.90 Å². The zero-order chi connectivity index (χ0) is 13.9. The fraction of sp³-hybridized carbons (Fsp3) is 0.625. The minimum absolute atomic E-state index is 0.0838. The summed E-state index contributed by atoms with van der Waals surface area (Å²) in [5.74, 6) is 0. The Morgan fingerprint density at radius 1 is 1.26 bits per heavy atom. The Labute approximate surface area is 130 Å². The molecule has 106 valence electrons. The van der Waals surface area contributed by atoms with E-state index in [-0.39, 0.29) is 11.6 Å². The number of likely N-dealkylation sites (tertiary alicyclic amines) is 1. The van der Waals surface area contributed by atoms with E-state index in [1.54, 1.807) is 0 Å². The van der Waals surface area contributed by atoms with Crippen molar-refractivity contribution in [2.45, 2.75) is 51.2 Å². The van der Waals surface area contributed by atoms with Gasteiger partial charge in [-0.1, -0.05) is 19.1 Å². The maximum atomic E-state index is 10.7. The van der Waals surface area contributed by atoms with Gasteiger partial charge in [-0.15, -0.1) is 0 Å². The summed E-state index contributed by atoms with van der Waals surface area (Å²) in [5, 5.41) is 10.7. The normalized spacial score (nSPS) is 21.3. The van der Waals surface area contributed by atoms with Crippen molar-refractivity contribution in [3.8, 4) is 0 Å². The second kappa shape index (κ2) is 6.55. The fourth-order valence-corrected chi connectivity index (χ4v) is 3.32. The summed E-state index contributed by atoms with van der Waals surface area (Å²) in [7, 11) is 0. The third-order valence-electron chi connectivity index (χ3n) is 4.60. The van der Waals surface area contributed by atoms with Gasteiger partial charge in [0.1, 0.15) is 0 Å². The van der Waals surface area contributed by atoms with Crippen LogP contribution in [0.2, 0.25) is 0 Å². The minimum atomic E-state index is -0.296. The molecule has 1 aliphatic rings. The maximum Gasteiger partial charge on any atom is 0.0761 e. The number of halogens is 1. The van der Waals surface area contributed by atoms with Crippen molar-refractivity contribution < 1.29 is 5.11 Å². The minimum Gasteiger partial charge on any atom is -0.391 e. The van der Waals surface area contributed by atoms with E-state index in [4.69, 9.17) is 0 Å². The van der Waals surface area contributed by atoms with Crippen molar-refractivity contribution in [3.63, 3.8) is 0 Å². The first-order chi connectivity index (χ1) is 9.06. The van der Waals surface area contributed by atoms with E-state index in [0.717, 1.165) is 25.9 Å². The van der Waals surface area contributed by atoms with Crippen molar-refractivity contribution in [2.24, 2.45) is 0 Å². The SMILES string of the molecule is CCC(C)(C(O)Cc1ccc(I)cc1)N1CCCC1. The molecule has 19 heavy (non-hydrogen) atoms. The molecule has 1 fully saturated rings. The molecule has 1 N–H and O–H groups in total. The molecule has 1 aromatic rings. The summed E-state index contributed by atoms with van der Waals surface area (Å²) in [6.45, 7) is 6.67. The molecule has 1 saturated heterocycles. The maximum absolute atomic E-state index is 10.7. The third-order valence-corrected chi connectivity index (χ3v) is 5.32. The van der Waals surface area contributed by atoms with Gasteiger partial charge in [-0.2, -0.15) is 0 Å². The highest BCUT2D eigenvalue weighted by atomic mass is 127. The zero-order valence-electron chi connectivity index (χ0n) is 11.9. The quantitative estimate of drug-likeness (QED) is 0.800. The zero-order valence-corrected chi connectivity index (χ0v) is 14.1. The molecular weight excluding hydrogens is 349 g/mol. The summed E-state index contributed by atoms with van der Waals surface area (Å²) in [5.41, 5.74) is 1.14. The van der Waals surface area contributed by atoms with E-state index in [1.165, 1.54) is 22.0 Å². The van der Waals surface area contributed by atoms with Crippen molar-refractivity contribution in [1.82, 2.24) is 4.90 Å². The average Bonchev–Trinajstić information content (AvgIpc) is 2.95. The molecule has 2 nitrogen and oxygen atoms in total. The van der Waals surface area contributed by atoms with Crippen LogP contribution in [-0.2, 0) is 6.42 Å². The molecule has 0 saturated carbocycles. The first-order valence-electron chi connectivity index (χ1n) is 7.24. The van der Waals surface area contributed by atoms with E-state index < -0.39 is 0 Å². The molecule has 0 bridgehead atoms. The molecule has 2 rings (SSSR count). The fourth-order valence-electron chi connectivity index (χ4n) is 2.96. The van der Waals surface area contributed by atoms with Gasteiger partial charge in [0.15, 0.2) is 0 Å². The summed E-state index contributed by atoms with van der Waals surface area (Å²) in [6.07, 6.45) is 3.99. The molecule has 2 unspecified atom stereocenters. The molecule has 0 aliphatic carbocycles. The molecule has 0 aromatic heterocycles. The lowest BCUT2D eigenvalue weighted by Crippen LogP contribution is -2.53. The summed E-state index contributed by atoms with van der Waals surface area (Å²) in [4.78, 5) is 2.48. The van der Waals surface area contributed by atoms with Crippen LogP contribution in [0, 0.1) is 3.57 Å². The number of aliphatic hydroxyl groups is 1. The first kappa shape index (κ1) is 15.3. The van der Waals surface area contributed by atoms with Crippen molar-refractivity contribution in [1.29, 1.82) is 0 Å². The van der Waals surface area contributed by atoms with Gasteiger partial charge in [-0.05, 0) is 79.6 Å². The van der Waals surface area contributed by atoms with Crippen LogP contribution in [0.5, 0.6) is 0 Å². The summed E-state index contributed by atoms with van der Waals surface area (Å²) in [6, 6.07) is 8.49. The lowest BCUT2D eigenvalue weighted by Gasteiger charge is -2.42. The lowest BCUT2D eigenvalue weighted by atomic mass is 9.86. The van der Waals surface area contributed by atoms with Crippen LogP contribution in [0.25, 0.3) is 0 Å². The molecular formula is C16H24INO. The Morgan fingerprint density at radius 2 is 1.84 bits per heavy atom. The van der Waals surface area contributed by atoms with Crippen LogP contribution in [0.4, 0.5) is 0 Å². The summed E-state index contributed by atoms with van der Waals surface area (Å²) >= 11 is 2.31. The molecule has 0 radical (unpaired) electrons. The third kappa shape index (κ3) is 3.50. The topological polar surface area (TPSA) is 23.5 Å². The van der Waals surface area contributed by atoms with Crippen molar-refractivity contribution >= 4 is 22.6 Å². The Morgan fingerprint density at radius 3 is 2.37 bits per heavy atom. The monoisotopic (exact) mass is 373 g/mol. The van der Waals surface area contributed by atoms with Gasteiger partial charge in [0.25, 0.3) is 0 Å². The lowest BCUT2D eigenvalue weighted by molar-refractivity contribution is -0.0117. The second-order valence-corrected chi connectivity index (χ2v) is 7.00. The van der Waals surface area contributed by atoms with Gasteiger partial charge < -0.3 is 5.11 Å². The van der Waals surface area contributed by atoms with E-state index in [2.05, 4.69) is 65.6 Å². The van der Waals surface area contributed by atoms with E-state index in [1.807, 2.05) is 0 Å². The predicted octanol–water partition coefficient (Wildman–Crippen LogP) is 3.46. The van der Waals surface area contributed by atoms with Gasteiger partial charge >= 0.3 is 0 Å². The van der Waals surface area contributed by atoms with Crippen LogP contribution in [0.15, 0.2) is 24.3 Å². The number of rotatable bonds is 5. The number of nitrogens with zero attached hydrogens (tertiary/aromatic N) is 1. The number of aliphatic hydroxyl groups excluding tert-OH is 1. The van der Waals surface area contributed by atoms with E-state index in [9.17, 15) is 5.11 Å². The highest BCUT2D eigenvalue weighted by Gasteiger charge is 2.38. The Kier molecular flexibility index (Phi) is 5.26. The first-order valence-corrected chi connectivity index (χ1v) is 8.31. The molecule has 3 heteroatoms. The van der Waals surface area contributed by atoms with Gasteiger partial charge in [0.05, 0.1) is 6.10 Å². The van der Waals surface area contributed by atoms with Crippen LogP contribution >= 0.6 is 22.6 Å². The van der Waals surface area contributed by atoms with Crippen LogP contribution in [-0.4, -0.2) is 34.7 Å². The predicted molar refractivity (Wildman–Crippen MR) is 88.4 cm³/mol. The van der Waals surface area contributed by atoms with Gasteiger partial charge in [0, 0.05) is 15.5 Å². The largest absolute Gasteiger partial charge is 0.391 e. The van der Waals surface area contributed by atoms with Crippen LogP contribution < -0.4 is 0 Å². The van der Waals surface area contributed by atoms with Crippen molar-refractivity contribution in [3.05, 3.63) is 33.4 Å². The molecule has 2 atom stereocenters. The molecule has 0 spiro atoms. The molecule has 1 aliphatic heterocycles. The number of hydrogen-bond donors (Lipinski definition) is 1. The molecule has 1 heterocycles. The number of hydrogen-bond acceptors (Lipinski definition) is 2. The van der Waals surface area contributed by atoms with Gasteiger partial charge in [0.2, 0.25) is 0 Å². The van der Waals surface area contributed by atoms with Crippen molar-refractivity contribution in [2.75, 3.05) is 13.1 Å². The Hall–Kier alpha value is -0.130. The molecule has 1 aromatic carbocycles. The molecule has 0 amide bonds. The number of benzene rings is 1. The highest BCUT2D eigenvalue weighted by Crippen LogP contribution is 2.29. The van der Waals surface area contributed by atoms with Gasteiger partial charge in [-0.25, -0.2) is 0 Å². The van der Waals surface area contributed by atoms with Crippen LogP contribution in [0.1, 0.15) is 38.7 Å². The highest BCUT2D eigenvalue weighted by molar-refractivity contribution is 14.1. The van der Waals surface area contributed by atoms with Crippen LogP contribution in [0.3, 0.4) is 0 Å². The standard InChI is InChI=1S/C16H24INO/c1-3-16(2,18-10-4-5-11-18)15(19)12-13-6-8-14(17)9-7-13/h6-9,15,19H,3-5,10-12H2,1-2H3. The van der Waals surface area contributed by atoms with E-state index >= 15 is 0 Å². The second-order valence-electron chi connectivity index (χ2n) is 5.75. The van der Waals surface area contributed by atoms with E-state index in [0.29, 0.717) is 0 Å². The smallest absolute Gasteiger partial charge is 0.0761 e. The average molecular weight is 373 g/mol. The Bertz CT molecular complexity index is 400.